The molecule has 3 rings (SSSR count). The quantitative estimate of drug-likeness (QED) is 0.658. The number of aromatic nitrogens is 3. The number of pyridine rings is 1. The van der Waals surface area contributed by atoms with Gasteiger partial charge in [-0.1, -0.05) is 23.2 Å². The number of hydrogen-bond acceptors (Lipinski definition) is 5. The molecule has 0 unspecified atom stereocenters. The zero-order chi connectivity index (χ0) is 17.3. The molecule has 0 amide bonds. The van der Waals surface area contributed by atoms with Crippen LogP contribution in [0.15, 0.2) is 30.6 Å². The van der Waals surface area contributed by atoms with Gasteiger partial charge in [0.05, 0.1) is 17.3 Å². The molecule has 24 heavy (non-hydrogen) atoms. The van der Waals surface area contributed by atoms with Gasteiger partial charge in [-0.15, -0.1) is 0 Å². The van der Waals surface area contributed by atoms with E-state index in [9.17, 15) is 4.39 Å². The van der Waals surface area contributed by atoms with Crippen LogP contribution in [0.25, 0.3) is 11.0 Å². The maximum Gasteiger partial charge on any atom is 0.169 e. The Bertz CT molecular complexity index is 905. The molecule has 124 valence electrons. The van der Waals surface area contributed by atoms with E-state index in [1.165, 1.54) is 12.4 Å². The van der Waals surface area contributed by atoms with E-state index in [1.54, 1.807) is 18.2 Å². The number of hydrogen-bond donors (Lipinski definition) is 1. The van der Waals surface area contributed by atoms with Gasteiger partial charge in [0, 0.05) is 0 Å². The van der Waals surface area contributed by atoms with Gasteiger partial charge < -0.3 is 10.1 Å². The summed E-state index contributed by atoms with van der Waals surface area (Å²) < 4.78 is 20.0. The van der Waals surface area contributed by atoms with Gasteiger partial charge in [-0.25, -0.2) is 19.3 Å². The lowest BCUT2D eigenvalue weighted by molar-refractivity contribution is 0.241. The topological polar surface area (TPSA) is 59.9 Å². The fraction of sp³-hybridized carbons (Fsp3) is 0.188. The van der Waals surface area contributed by atoms with Crippen LogP contribution in [0.5, 0.6) is 5.75 Å². The summed E-state index contributed by atoms with van der Waals surface area (Å²) in [6.45, 7) is 3.67. The summed E-state index contributed by atoms with van der Waals surface area (Å²) in [6, 6.07) is 6.45. The first-order valence-electron chi connectivity index (χ1n) is 7.14. The molecule has 2 heterocycles. The van der Waals surface area contributed by atoms with Crippen LogP contribution in [-0.4, -0.2) is 21.1 Å². The van der Waals surface area contributed by atoms with Crippen molar-refractivity contribution in [2.24, 2.45) is 0 Å². The Hall–Kier alpha value is -2.18. The fourth-order valence-electron chi connectivity index (χ4n) is 2.11. The van der Waals surface area contributed by atoms with Crippen molar-refractivity contribution in [1.29, 1.82) is 0 Å². The predicted octanol–water partition coefficient (Wildman–Crippen LogP) is 5.00. The Balaban J connectivity index is 2.00. The standard InChI is InChI=1S/C16H13Cl2FN4O/c1-8(2)24-11-5-3-9(14(19)13(11)18)22-16-15-10(20-7-21-16)4-6-12(17)23-15/h3-8H,1-2H3,(H,20,21,22). The highest BCUT2D eigenvalue weighted by Crippen LogP contribution is 2.34. The normalized spacial score (nSPS) is 11.1. The number of anilines is 2. The van der Waals surface area contributed by atoms with E-state index in [0.717, 1.165) is 0 Å². The second-order valence-corrected chi connectivity index (χ2v) is 6.02. The van der Waals surface area contributed by atoms with Crippen molar-refractivity contribution < 1.29 is 9.13 Å². The minimum Gasteiger partial charge on any atom is -0.489 e. The van der Waals surface area contributed by atoms with E-state index in [2.05, 4.69) is 20.3 Å². The number of rotatable bonds is 4. The van der Waals surface area contributed by atoms with Crippen molar-refractivity contribution >= 4 is 45.7 Å². The highest BCUT2D eigenvalue weighted by atomic mass is 35.5. The lowest BCUT2D eigenvalue weighted by Crippen LogP contribution is -2.07. The van der Waals surface area contributed by atoms with Gasteiger partial charge in [0.1, 0.15) is 27.8 Å². The van der Waals surface area contributed by atoms with E-state index in [-0.39, 0.29) is 22.6 Å². The average molecular weight is 367 g/mol. The maximum absolute atomic E-state index is 14.5. The van der Waals surface area contributed by atoms with Crippen LogP contribution in [-0.2, 0) is 0 Å². The zero-order valence-corrected chi connectivity index (χ0v) is 14.4. The fourth-order valence-corrected chi connectivity index (χ4v) is 2.47. The van der Waals surface area contributed by atoms with E-state index >= 15 is 0 Å². The van der Waals surface area contributed by atoms with Gasteiger partial charge in [-0.3, -0.25) is 0 Å². The number of halogens is 3. The van der Waals surface area contributed by atoms with Crippen molar-refractivity contribution in [3.63, 3.8) is 0 Å². The first kappa shape index (κ1) is 16.7. The molecule has 0 aliphatic heterocycles. The lowest BCUT2D eigenvalue weighted by atomic mass is 10.2. The van der Waals surface area contributed by atoms with Crippen LogP contribution in [0, 0.1) is 5.82 Å². The third-order valence-corrected chi connectivity index (χ3v) is 3.67. The first-order valence-corrected chi connectivity index (χ1v) is 7.90. The van der Waals surface area contributed by atoms with Gasteiger partial charge in [-0.2, -0.15) is 0 Å². The minimum atomic E-state index is -0.636. The number of fused-ring (bicyclic) bond motifs is 1. The molecule has 0 aliphatic rings. The van der Waals surface area contributed by atoms with Crippen molar-refractivity contribution in [2.75, 3.05) is 5.32 Å². The van der Waals surface area contributed by atoms with Crippen LogP contribution >= 0.6 is 23.2 Å². The first-order chi connectivity index (χ1) is 11.5. The zero-order valence-electron chi connectivity index (χ0n) is 12.8. The average Bonchev–Trinajstić information content (AvgIpc) is 2.54. The Morgan fingerprint density at radius 3 is 2.67 bits per heavy atom. The molecular weight excluding hydrogens is 354 g/mol. The summed E-state index contributed by atoms with van der Waals surface area (Å²) >= 11 is 12.0. The Kier molecular flexibility index (Phi) is 4.69. The molecule has 0 atom stereocenters. The van der Waals surface area contributed by atoms with Crippen LogP contribution in [0.2, 0.25) is 10.2 Å². The maximum atomic E-state index is 14.5. The molecular formula is C16H13Cl2FN4O. The van der Waals surface area contributed by atoms with Crippen LogP contribution < -0.4 is 10.1 Å². The van der Waals surface area contributed by atoms with Crippen molar-refractivity contribution in [1.82, 2.24) is 15.0 Å². The Morgan fingerprint density at radius 2 is 1.92 bits per heavy atom. The summed E-state index contributed by atoms with van der Waals surface area (Å²) in [5.74, 6) is -0.0259. The minimum absolute atomic E-state index is 0.0990. The van der Waals surface area contributed by atoms with Crippen LogP contribution in [0.4, 0.5) is 15.9 Å². The number of ether oxygens (including phenoxy) is 1. The van der Waals surface area contributed by atoms with Gasteiger partial charge in [0.25, 0.3) is 0 Å². The van der Waals surface area contributed by atoms with Crippen molar-refractivity contribution in [3.8, 4) is 5.75 Å². The number of nitrogens with one attached hydrogen (secondary N) is 1. The SMILES string of the molecule is CC(C)Oc1ccc(Nc2ncnc3ccc(Cl)nc23)c(F)c1Cl. The monoisotopic (exact) mass is 366 g/mol. The largest absolute Gasteiger partial charge is 0.489 e. The molecule has 0 aliphatic carbocycles. The highest BCUT2D eigenvalue weighted by Gasteiger charge is 2.15. The van der Waals surface area contributed by atoms with Crippen molar-refractivity contribution in [2.45, 2.75) is 20.0 Å². The van der Waals surface area contributed by atoms with Crippen molar-refractivity contribution in [3.05, 3.63) is 46.6 Å². The molecule has 3 aromatic rings. The third-order valence-electron chi connectivity index (χ3n) is 3.11. The van der Waals surface area contributed by atoms with Gasteiger partial charge in [-0.05, 0) is 38.1 Å². The van der Waals surface area contributed by atoms with Gasteiger partial charge in [0.2, 0.25) is 0 Å². The molecule has 2 aromatic heterocycles. The second kappa shape index (κ2) is 6.75. The molecule has 8 heteroatoms. The van der Waals surface area contributed by atoms with E-state index < -0.39 is 5.82 Å². The Labute approximate surface area is 147 Å². The molecule has 0 radical (unpaired) electrons. The van der Waals surface area contributed by atoms with Crippen LogP contribution in [0.1, 0.15) is 13.8 Å². The molecule has 0 saturated carbocycles. The molecule has 0 bridgehead atoms. The Morgan fingerprint density at radius 1 is 1.12 bits per heavy atom. The summed E-state index contributed by atoms with van der Waals surface area (Å²) in [6.07, 6.45) is 1.24. The molecule has 0 fully saturated rings. The smallest absolute Gasteiger partial charge is 0.169 e. The van der Waals surface area contributed by atoms with E-state index in [1.807, 2.05) is 13.8 Å². The molecule has 1 aromatic carbocycles. The van der Waals surface area contributed by atoms with E-state index in [4.69, 9.17) is 27.9 Å². The predicted molar refractivity (Wildman–Crippen MR) is 92.8 cm³/mol. The second-order valence-electron chi connectivity index (χ2n) is 5.25. The molecule has 1 N–H and O–H groups in total. The third kappa shape index (κ3) is 3.34. The lowest BCUT2D eigenvalue weighted by Gasteiger charge is -2.14. The summed E-state index contributed by atoms with van der Waals surface area (Å²) in [5.41, 5.74) is 1.17. The summed E-state index contributed by atoms with van der Waals surface area (Å²) in [4.78, 5) is 12.4. The molecule has 5 nitrogen and oxygen atoms in total. The van der Waals surface area contributed by atoms with Gasteiger partial charge in [0.15, 0.2) is 11.6 Å². The number of benzene rings is 1. The summed E-state index contributed by atoms with van der Waals surface area (Å²) in [7, 11) is 0. The number of nitrogens with zero attached hydrogens (tertiary/aromatic N) is 3. The highest BCUT2D eigenvalue weighted by molar-refractivity contribution is 6.32. The molecule has 0 saturated heterocycles. The molecule has 0 spiro atoms. The summed E-state index contributed by atoms with van der Waals surface area (Å²) in [5, 5.41) is 3.07. The van der Waals surface area contributed by atoms with Gasteiger partial charge >= 0.3 is 0 Å². The van der Waals surface area contributed by atoms with E-state index in [0.29, 0.717) is 22.0 Å². The van der Waals surface area contributed by atoms with Crippen LogP contribution in [0.3, 0.4) is 0 Å².